The smallest absolute Gasteiger partial charge is 0.267 e. The molecule has 2 rings (SSSR count). The first-order valence-corrected chi connectivity index (χ1v) is 6.59. The van der Waals surface area contributed by atoms with E-state index in [0.29, 0.717) is 10.1 Å². The normalized spacial score (nSPS) is 21.0. The summed E-state index contributed by atoms with van der Waals surface area (Å²) in [4.78, 5) is 16.1. The summed E-state index contributed by atoms with van der Waals surface area (Å²) in [5.74, 6) is 0. The van der Waals surface area contributed by atoms with Crippen LogP contribution < -0.4 is 5.56 Å². The molecule has 0 N–H and O–H groups in total. The minimum absolute atomic E-state index is 0.0438. The Bertz CT molecular complexity index is 424. The average Bonchev–Trinajstić information content (AvgIpc) is 2.31. The summed E-state index contributed by atoms with van der Waals surface area (Å²) in [6, 6.07) is 0. The number of hydrogen-bond donors (Lipinski definition) is 0. The minimum atomic E-state index is 0.0438. The molecule has 0 radical (unpaired) electrons. The Morgan fingerprint density at radius 2 is 2.44 bits per heavy atom. The van der Waals surface area contributed by atoms with Crippen LogP contribution in [0.3, 0.4) is 0 Å². The lowest BCUT2D eigenvalue weighted by Gasteiger charge is -2.23. The van der Waals surface area contributed by atoms with E-state index in [1.807, 2.05) is 6.92 Å². The van der Waals surface area contributed by atoms with Gasteiger partial charge in [0.15, 0.2) is 0 Å². The molecule has 1 atom stereocenters. The molecule has 0 amide bonds. The SMILES string of the molecule is Cc1ncn(CC2CCCCO2)c(=O)c1I. The molecule has 0 aliphatic carbocycles. The van der Waals surface area contributed by atoms with E-state index in [-0.39, 0.29) is 11.7 Å². The molecule has 1 aromatic heterocycles. The second kappa shape index (κ2) is 5.27. The molecule has 0 saturated carbocycles. The van der Waals surface area contributed by atoms with Gasteiger partial charge in [0.1, 0.15) is 0 Å². The molecule has 16 heavy (non-hydrogen) atoms. The highest BCUT2D eigenvalue weighted by atomic mass is 127. The van der Waals surface area contributed by atoms with Crippen LogP contribution in [0.4, 0.5) is 0 Å². The molecule has 1 aliphatic rings. The van der Waals surface area contributed by atoms with Gasteiger partial charge in [0.2, 0.25) is 0 Å². The molecule has 88 valence electrons. The maximum atomic E-state index is 11.9. The van der Waals surface area contributed by atoms with Crippen LogP contribution in [0.25, 0.3) is 0 Å². The van der Waals surface area contributed by atoms with E-state index < -0.39 is 0 Å². The van der Waals surface area contributed by atoms with Crippen molar-refractivity contribution in [1.82, 2.24) is 9.55 Å². The van der Waals surface area contributed by atoms with Crippen LogP contribution in [0.15, 0.2) is 11.1 Å². The topological polar surface area (TPSA) is 44.1 Å². The van der Waals surface area contributed by atoms with Gasteiger partial charge in [-0.2, -0.15) is 0 Å². The lowest BCUT2D eigenvalue weighted by Crippen LogP contribution is -2.32. The van der Waals surface area contributed by atoms with Gasteiger partial charge in [0, 0.05) is 6.61 Å². The van der Waals surface area contributed by atoms with E-state index in [2.05, 4.69) is 27.6 Å². The van der Waals surface area contributed by atoms with Gasteiger partial charge in [-0.25, -0.2) is 4.98 Å². The molecule has 1 aromatic rings. The Balaban J connectivity index is 2.15. The van der Waals surface area contributed by atoms with E-state index in [1.54, 1.807) is 10.9 Å². The van der Waals surface area contributed by atoms with Crippen molar-refractivity contribution in [2.45, 2.75) is 38.8 Å². The minimum Gasteiger partial charge on any atom is -0.376 e. The number of aryl methyl sites for hydroxylation is 1. The van der Waals surface area contributed by atoms with Gasteiger partial charge >= 0.3 is 0 Å². The first-order valence-electron chi connectivity index (χ1n) is 5.51. The summed E-state index contributed by atoms with van der Waals surface area (Å²) in [5, 5.41) is 0. The van der Waals surface area contributed by atoms with E-state index in [4.69, 9.17) is 4.74 Å². The Hall–Kier alpha value is -0.430. The number of halogens is 1. The summed E-state index contributed by atoms with van der Waals surface area (Å²) in [6.45, 7) is 3.29. The van der Waals surface area contributed by atoms with Crippen LogP contribution in [-0.2, 0) is 11.3 Å². The predicted molar refractivity (Wildman–Crippen MR) is 69.5 cm³/mol. The van der Waals surface area contributed by atoms with Crippen molar-refractivity contribution < 1.29 is 4.74 Å². The number of nitrogens with zero attached hydrogens (tertiary/aromatic N) is 2. The molecule has 1 unspecified atom stereocenters. The fraction of sp³-hybridized carbons (Fsp3) is 0.636. The lowest BCUT2D eigenvalue weighted by atomic mass is 10.1. The highest BCUT2D eigenvalue weighted by molar-refractivity contribution is 14.1. The van der Waals surface area contributed by atoms with Gasteiger partial charge in [-0.15, -0.1) is 0 Å². The zero-order valence-corrected chi connectivity index (χ0v) is 11.4. The maximum absolute atomic E-state index is 11.9. The van der Waals surface area contributed by atoms with Gasteiger partial charge in [-0.3, -0.25) is 9.36 Å². The second-order valence-electron chi connectivity index (χ2n) is 4.09. The second-order valence-corrected chi connectivity index (χ2v) is 5.17. The molecule has 0 bridgehead atoms. The monoisotopic (exact) mass is 334 g/mol. The molecule has 0 spiro atoms. The molecule has 2 heterocycles. The summed E-state index contributed by atoms with van der Waals surface area (Å²) < 4.78 is 7.98. The molecule has 5 heteroatoms. The summed E-state index contributed by atoms with van der Waals surface area (Å²) in [7, 11) is 0. The number of aromatic nitrogens is 2. The summed E-state index contributed by atoms with van der Waals surface area (Å²) in [6.07, 6.45) is 5.16. The van der Waals surface area contributed by atoms with Gasteiger partial charge in [-0.1, -0.05) is 0 Å². The Morgan fingerprint density at radius 3 is 3.12 bits per heavy atom. The fourth-order valence-electron chi connectivity index (χ4n) is 1.85. The molecule has 1 aliphatic heterocycles. The Kier molecular flexibility index (Phi) is 3.96. The van der Waals surface area contributed by atoms with Crippen molar-refractivity contribution in [2.24, 2.45) is 0 Å². The number of ether oxygens (including phenoxy) is 1. The van der Waals surface area contributed by atoms with Crippen LogP contribution in [0, 0.1) is 10.5 Å². The fourth-order valence-corrected chi connectivity index (χ4v) is 2.30. The van der Waals surface area contributed by atoms with Crippen LogP contribution in [0.5, 0.6) is 0 Å². The molecular formula is C11H15IN2O2. The third-order valence-corrected chi connectivity index (χ3v) is 4.07. The van der Waals surface area contributed by atoms with Crippen molar-refractivity contribution >= 4 is 22.6 Å². The highest BCUT2D eigenvalue weighted by Gasteiger charge is 2.16. The largest absolute Gasteiger partial charge is 0.376 e. The third kappa shape index (κ3) is 2.63. The van der Waals surface area contributed by atoms with Crippen LogP contribution in [0.2, 0.25) is 0 Å². The first kappa shape index (κ1) is 12.0. The molecule has 0 aromatic carbocycles. The quantitative estimate of drug-likeness (QED) is 0.774. The van der Waals surface area contributed by atoms with E-state index in [9.17, 15) is 4.79 Å². The Labute approximate surface area is 108 Å². The van der Waals surface area contributed by atoms with Gasteiger partial charge < -0.3 is 4.74 Å². The van der Waals surface area contributed by atoms with Crippen molar-refractivity contribution in [3.63, 3.8) is 0 Å². The van der Waals surface area contributed by atoms with Crippen LogP contribution in [0.1, 0.15) is 25.0 Å². The van der Waals surface area contributed by atoms with E-state index in [1.165, 1.54) is 6.42 Å². The van der Waals surface area contributed by atoms with Crippen LogP contribution in [-0.4, -0.2) is 22.3 Å². The van der Waals surface area contributed by atoms with Crippen LogP contribution >= 0.6 is 22.6 Å². The summed E-state index contributed by atoms with van der Waals surface area (Å²) >= 11 is 2.05. The first-order chi connectivity index (χ1) is 7.68. The predicted octanol–water partition coefficient (Wildman–Crippen LogP) is 1.73. The van der Waals surface area contributed by atoms with Crippen molar-refractivity contribution in [3.05, 3.63) is 25.9 Å². The lowest BCUT2D eigenvalue weighted by molar-refractivity contribution is 0.00520. The molecule has 4 nitrogen and oxygen atoms in total. The molecular weight excluding hydrogens is 319 g/mol. The van der Waals surface area contributed by atoms with E-state index >= 15 is 0 Å². The van der Waals surface area contributed by atoms with Gasteiger partial charge in [-0.05, 0) is 48.8 Å². The van der Waals surface area contributed by atoms with E-state index in [0.717, 1.165) is 25.1 Å². The zero-order valence-electron chi connectivity index (χ0n) is 9.28. The van der Waals surface area contributed by atoms with Crippen molar-refractivity contribution in [1.29, 1.82) is 0 Å². The maximum Gasteiger partial charge on any atom is 0.267 e. The average molecular weight is 334 g/mol. The highest BCUT2D eigenvalue weighted by Crippen LogP contribution is 2.14. The molecule has 1 saturated heterocycles. The zero-order chi connectivity index (χ0) is 11.5. The number of hydrogen-bond acceptors (Lipinski definition) is 3. The Morgan fingerprint density at radius 1 is 1.62 bits per heavy atom. The standard InChI is InChI=1S/C11H15IN2O2/c1-8-10(12)11(15)14(7-13-8)6-9-4-2-3-5-16-9/h7,9H,2-6H2,1H3. The van der Waals surface area contributed by atoms with Gasteiger partial charge in [0.25, 0.3) is 5.56 Å². The third-order valence-electron chi connectivity index (χ3n) is 2.83. The van der Waals surface area contributed by atoms with Crippen molar-refractivity contribution in [2.75, 3.05) is 6.61 Å². The molecule has 1 fully saturated rings. The number of rotatable bonds is 2. The van der Waals surface area contributed by atoms with Crippen molar-refractivity contribution in [3.8, 4) is 0 Å². The summed E-state index contributed by atoms with van der Waals surface area (Å²) in [5.41, 5.74) is 0.841. The van der Waals surface area contributed by atoms with Gasteiger partial charge in [0.05, 0.1) is 28.2 Å².